The van der Waals surface area contributed by atoms with Gasteiger partial charge >= 0.3 is 0 Å². The molecule has 0 amide bonds. The van der Waals surface area contributed by atoms with E-state index in [1.807, 2.05) is 18.2 Å². The Kier molecular flexibility index (Phi) is 5.01. The number of pyridine rings is 1. The molecule has 0 radical (unpaired) electrons. The Labute approximate surface area is 161 Å². The first-order valence-corrected chi connectivity index (χ1v) is 9.29. The van der Waals surface area contributed by atoms with Crippen molar-refractivity contribution in [1.82, 2.24) is 0 Å². The number of methoxy groups -OCH3 is 2. The third-order valence-corrected chi connectivity index (χ3v) is 5.67. The molecule has 0 aliphatic heterocycles. The molecule has 5 heteroatoms. The van der Waals surface area contributed by atoms with E-state index in [4.69, 9.17) is 15.2 Å². The molecule has 1 aromatic carbocycles. The fraction of sp³-hybridized carbons (Fsp3) is 0.455. The number of anilines is 1. The van der Waals surface area contributed by atoms with E-state index in [1.165, 1.54) is 5.56 Å². The van der Waals surface area contributed by atoms with Gasteiger partial charge in [-0.2, -0.15) is 5.26 Å². The van der Waals surface area contributed by atoms with Gasteiger partial charge in [-0.15, -0.1) is 0 Å². The van der Waals surface area contributed by atoms with Crippen LogP contribution in [0.1, 0.15) is 44.0 Å². The Hall–Kier alpha value is -2.74. The number of hydrogen-bond donors (Lipinski definition) is 1. The lowest BCUT2D eigenvalue weighted by Gasteiger charge is -2.35. The van der Waals surface area contributed by atoms with E-state index in [0.29, 0.717) is 28.8 Å². The van der Waals surface area contributed by atoms with Gasteiger partial charge in [-0.05, 0) is 41.9 Å². The van der Waals surface area contributed by atoms with E-state index in [1.54, 1.807) is 14.2 Å². The molecule has 1 aromatic heterocycles. The molecule has 0 saturated heterocycles. The number of aryl methyl sites for hydroxylation is 1. The summed E-state index contributed by atoms with van der Waals surface area (Å²) in [7, 11) is 3.23. The van der Waals surface area contributed by atoms with E-state index >= 15 is 0 Å². The maximum absolute atomic E-state index is 9.81. The Morgan fingerprint density at radius 1 is 1.19 bits per heavy atom. The molecule has 1 aliphatic rings. The van der Waals surface area contributed by atoms with Crippen LogP contribution in [0.15, 0.2) is 18.2 Å². The summed E-state index contributed by atoms with van der Waals surface area (Å²) in [6.07, 6.45) is 2.98. The molecule has 3 N–H and O–H groups in total. The van der Waals surface area contributed by atoms with Crippen molar-refractivity contribution in [2.24, 2.45) is 11.3 Å². The van der Waals surface area contributed by atoms with Crippen molar-refractivity contribution >= 4 is 5.82 Å². The summed E-state index contributed by atoms with van der Waals surface area (Å²) in [5.41, 5.74) is 11.1. The molecule has 0 saturated carbocycles. The normalized spacial score (nSPS) is 16.4. The minimum absolute atomic E-state index is 0.209. The minimum Gasteiger partial charge on any atom is -0.493 e. The number of nitrogens with two attached hydrogens (primary N) is 1. The van der Waals surface area contributed by atoms with Gasteiger partial charge in [0.1, 0.15) is 17.3 Å². The van der Waals surface area contributed by atoms with E-state index in [0.717, 1.165) is 36.1 Å². The van der Waals surface area contributed by atoms with Gasteiger partial charge in [-0.1, -0.05) is 26.8 Å². The zero-order valence-electron chi connectivity index (χ0n) is 16.8. The first-order chi connectivity index (χ1) is 12.8. The lowest BCUT2D eigenvalue weighted by Crippen LogP contribution is -2.32. The number of nitriles is 1. The lowest BCUT2D eigenvalue weighted by atomic mass is 9.70. The number of aromatic nitrogens is 1. The van der Waals surface area contributed by atoms with Crippen LogP contribution in [0.2, 0.25) is 0 Å². The molecular weight excluding hydrogens is 338 g/mol. The van der Waals surface area contributed by atoms with Gasteiger partial charge in [-0.25, -0.2) is 4.98 Å². The van der Waals surface area contributed by atoms with E-state index in [-0.39, 0.29) is 5.41 Å². The number of H-pyrrole nitrogens is 1. The summed E-state index contributed by atoms with van der Waals surface area (Å²) in [6.45, 7) is 6.85. The molecule has 1 atom stereocenters. The Morgan fingerprint density at radius 3 is 2.48 bits per heavy atom. The zero-order chi connectivity index (χ0) is 19.8. The highest BCUT2D eigenvalue weighted by molar-refractivity contribution is 5.79. The molecule has 2 aromatic rings. The largest absolute Gasteiger partial charge is 0.493 e. The van der Waals surface area contributed by atoms with E-state index in [2.05, 4.69) is 31.8 Å². The summed E-state index contributed by atoms with van der Waals surface area (Å²) < 4.78 is 10.8. The average Bonchev–Trinajstić information content (AvgIpc) is 2.65. The van der Waals surface area contributed by atoms with Gasteiger partial charge in [-0.3, -0.25) is 5.73 Å². The van der Waals surface area contributed by atoms with Gasteiger partial charge in [0.25, 0.3) is 5.82 Å². The first-order valence-electron chi connectivity index (χ1n) is 9.29. The highest BCUT2D eigenvalue weighted by Gasteiger charge is 2.34. The van der Waals surface area contributed by atoms with Crippen LogP contribution in [0.5, 0.6) is 11.5 Å². The summed E-state index contributed by atoms with van der Waals surface area (Å²) in [4.78, 5) is 3.28. The predicted molar refractivity (Wildman–Crippen MR) is 106 cm³/mol. The van der Waals surface area contributed by atoms with Crippen molar-refractivity contribution in [2.75, 3.05) is 20.0 Å². The first kappa shape index (κ1) is 19.0. The van der Waals surface area contributed by atoms with Gasteiger partial charge in [0, 0.05) is 17.5 Å². The smallest absolute Gasteiger partial charge is 0.289 e. The molecule has 0 fully saturated rings. The molecule has 3 rings (SSSR count). The molecule has 1 heterocycles. The molecule has 0 spiro atoms. The van der Waals surface area contributed by atoms with Crippen molar-refractivity contribution in [1.29, 1.82) is 5.26 Å². The van der Waals surface area contributed by atoms with Crippen molar-refractivity contribution in [3.05, 3.63) is 35.0 Å². The quantitative estimate of drug-likeness (QED) is 0.896. The van der Waals surface area contributed by atoms with Crippen LogP contribution in [0.4, 0.5) is 5.82 Å². The zero-order valence-corrected chi connectivity index (χ0v) is 16.8. The highest BCUT2D eigenvalue weighted by Crippen LogP contribution is 2.42. The number of ether oxygens (including phenoxy) is 2. The SMILES string of the molecule is COc1ccc(-c2c(C#N)c(N)[nH+]c3c2C[C@@H](C(C)(C)C)CC3)cc1OC. The van der Waals surface area contributed by atoms with Gasteiger partial charge < -0.3 is 9.47 Å². The number of benzene rings is 1. The molecular formula is C22H28N3O2+. The van der Waals surface area contributed by atoms with E-state index < -0.39 is 0 Å². The lowest BCUT2D eigenvalue weighted by molar-refractivity contribution is -0.375. The number of aromatic amines is 1. The fourth-order valence-corrected chi connectivity index (χ4v) is 4.01. The van der Waals surface area contributed by atoms with Crippen LogP contribution < -0.4 is 20.2 Å². The molecule has 5 nitrogen and oxygen atoms in total. The van der Waals surface area contributed by atoms with Crippen LogP contribution >= 0.6 is 0 Å². The maximum atomic E-state index is 9.81. The van der Waals surface area contributed by atoms with Gasteiger partial charge in [0.05, 0.1) is 14.2 Å². The minimum atomic E-state index is 0.209. The predicted octanol–water partition coefficient (Wildman–Crippen LogP) is 3.79. The molecule has 142 valence electrons. The summed E-state index contributed by atoms with van der Waals surface area (Å²) in [5, 5.41) is 9.81. The van der Waals surface area contributed by atoms with Crippen LogP contribution in [0.3, 0.4) is 0 Å². The Morgan fingerprint density at radius 2 is 1.89 bits per heavy atom. The molecule has 0 bridgehead atoms. The monoisotopic (exact) mass is 366 g/mol. The second-order valence-corrected chi connectivity index (χ2v) is 8.23. The number of fused-ring (bicyclic) bond motifs is 1. The Balaban J connectivity index is 2.23. The second-order valence-electron chi connectivity index (χ2n) is 8.23. The molecule has 27 heavy (non-hydrogen) atoms. The van der Waals surface area contributed by atoms with Crippen molar-refractivity contribution in [3.63, 3.8) is 0 Å². The topological polar surface area (TPSA) is 82.4 Å². The third kappa shape index (κ3) is 3.44. The number of nitrogen functional groups attached to an aromatic ring is 1. The van der Waals surface area contributed by atoms with Crippen LogP contribution in [0, 0.1) is 22.7 Å². The van der Waals surface area contributed by atoms with Crippen molar-refractivity contribution in [2.45, 2.75) is 40.0 Å². The van der Waals surface area contributed by atoms with Crippen LogP contribution in [-0.4, -0.2) is 14.2 Å². The van der Waals surface area contributed by atoms with Crippen LogP contribution in [0.25, 0.3) is 11.1 Å². The summed E-state index contributed by atoms with van der Waals surface area (Å²) in [5.74, 6) is 2.28. The van der Waals surface area contributed by atoms with Gasteiger partial charge in [0.2, 0.25) is 0 Å². The van der Waals surface area contributed by atoms with Gasteiger partial charge in [0.15, 0.2) is 11.5 Å². The highest BCUT2D eigenvalue weighted by atomic mass is 16.5. The van der Waals surface area contributed by atoms with Crippen LogP contribution in [-0.2, 0) is 12.8 Å². The number of nitrogens with zero attached hydrogens (tertiary/aromatic N) is 1. The number of rotatable bonds is 3. The summed E-state index contributed by atoms with van der Waals surface area (Å²) >= 11 is 0. The van der Waals surface area contributed by atoms with Crippen molar-refractivity contribution in [3.8, 4) is 28.7 Å². The molecule has 0 unspecified atom stereocenters. The third-order valence-electron chi connectivity index (χ3n) is 5.67. The number of hydrogen-bond acceptors (Lipinski definition) is 4. The summed E-state index contributed by atoms with van der Waals surface area (Å²) in [6, 6.07) is 8.07. The number of nitrogens with one attached hydrogen (secondary N) is 1. The second kappa shape index (κ2) is 7.11. The standard InChI is InChI=1S/C22H27N3O2/c1-22(2,3)14-7-8-17-15(11-14)20(16(12-23)21(24)25-17)13-6-9-18(26-4)19(10-13)27-5/h6,9-10,14H,7-8,11H2,1-5H3,(H2,24,25)/p+1/t14-/m0/s1. The maximum Gasteiger partial charge on any atom is 0.289 e. The van der Waals surface area contributed by atoms with E-state index in [9.17, 15) is 5.26 Å². The molecule has 1 aliphatic carbocycles. The van der Waals surface area contributed by atoms with Crippen molar-refractivity contribution < 1.29 is 14.5 Å². The average molecular weight is 366 g/mol. The fourth-order valence-electron chi connectivity index (χ4n) is 4.01. The Bertz CT molecular complexity index is 907.